The van der Waals surface area contributed by atoms with E-state index in [2.05, 4.69) is 20.9 Å². The molecular formula is C18H11BrCl2N2O. The monoisotopic (exact) mass is 420 g/mol. The molecule has 0 unspecified atom stereocenters. The fourth-order valence-corrected chi connectivity index (χ4v) is 2.69. The van der Waals surface area contributed by atoms with Gasteiger partial charge in [0, 0.05) is 21.3 Å². The van der Waals surface area contributed by atoms with Gasteiger partial charge in [0.1, 0.15) is 11.5 Å². The average Bonchev–Trinajstić information content (AvgIpc) is 3.00. The number of benzene rings is 2. The van der Waals surface area contributed by atoms with Crippen molar-refractivity contribution in [3.8, 4) is 0 Å². The molecule has 2 aromatic carbocycles. The Morgan fingerprint density at radius 2 is 1.71 bits per heavy atom. The highest BCUT2D eigenvalue weighted by Gasteiger charge is 2.15. The summed E-state index contributed by atoms with van der Waals surface area (Å²) in [7, 11) is 0. The number of rotatable bonds is 4. The second-order valence-electron chi connectivity index (χ2n) is 5.02. The molecule has 0 saturated carbocycles. The van der Waals surface area contributed by atoms with Crippen molar-refractivity contribution in [3.05, 3.63) is 86.8 Å². The zero-order valence-electron chi connectivity index (χ0n) is 12.3. The lowest BCUT2D eigenvalue weighted by Crippen LogP contribution is -2.08. The molecule has 0 saturated heterocycles. The van der Waals surface area contributed by atoms with Crippen molar-refractivity contribution in [1.82, 2.24) is 9.55 Å². The van der Waals surface area contributed by atoms with E-state index >= 15 is 0 Å². The maximum Gasteiger partial charge on any atom is 0.209 e. The molecule has 1 aromatic heterocycles. The highest BCUT2D eigenvalue weighted by Crippen LogP contribution is 2.21. The third-order valence-electron chi connectivity index (χ3n) is 3.34. The number of carbonyl (C=O) groups is 1. The Labute approximate surface area is 157 Å². The zero-order chi connectivity index (χ0) is 17.1. The van der Waals surface area contributed by atoms with Gasteiger partial charge in [0.15, 0.2) is 0 Å². The smallest absolute Gasteiger partial charge is 0.209 e. The van der Waals surface area contributed by atoms with E-state index in [1.165, 1.54) is 6.33 Å². The van der Waals surface area contributed by atoms with Crippen LogP contribution in [0.25, 0.3) is 11.8 Å². The van der Waals surface area contributed by atoms with Crippen LogP contribution >= 0.6 is 39.1 Å². The Kier molecular flexibility index (Phi) is 5.19. The van der Waals surface area contributed by atoms with Crippen molar-refractivity contribution in [2.75, 3.05) is 0 Å². The minimum atomic E-state index is -0.133. The van der Waals surface area contributed by atoms with Gasteiger partial charge in [0.05, 0.1) is 5.70 Å². The van der Waals surface area contributed by atoms with Crippen molar-refractivity contribution < 1.29 is 4.79 Å². The lowest BCUT2D eigenvalue weighted by molar-refractivity contribution is 0.105. The summed E-state index contributed by atoms with van der Waals surface area (Å²) in [6.07, 6.45) is 4.89. The Balaban J connectivity index is 2.06. The first-order valence-corrected chi connectivity index (χ1v) is 8.55. The van der Waals surface area contributed by atoms with Crippen molar-refractivity contribution in [1.29, 1.82) is 0 Å². The summed E-state index contributed by atoms with van der Waals surface area (Å²) in [5, 5.41) is 0.958. The van der Waals surface area contributed by atoms with Gasteiger partial charge in [-0.15, -0.1) is 0 Å². The molecule has 3 rings (SSSR count). The quantitative estimate of drug-likeness (QED) is 0.392. The summed E-state index contributed by atoms with van der Waals surface area (Å²) in [5.74, 6) is -0.133. The largest absolute Gasteiger partial charge is 0.301 e. The van der Waals surface area contributed by atoms with Crippen LogP contribution in [0.1, 0.15) is 15.9 Å². The molecule has 1 heterocycles. The van der Waals surface area contributed by atoms with Gasteiger partial charge in [-0.1, -0.05) is 51.3 Å². The van der Waals surface area contributed by atoms with Gasteiger partial charge in [-0.2, -0.15) is 0 Å². The SMILES string of the molecule is O=C(/C(=C/c1ccc(Cl)cc1)n1cnc(Cl)c1)c1ccc(Br)cc1. The number of halogens is 3. The molecule has 0 N–H and O–H groups in total. The number of aromatic nitrogens is 2. The van der Waals surface area contributed by atoms with Crippen LogP contribution in [0, 0.1) is 0 Å². The summed E-state index contributed by atoms with van der Waals surface area (Å²) in [6, 6.07) is 14.4. The Morgan fingerprint density at radius 3 is 2.29 bits per heavy atom. The molecular weight excluding hydrogens is 411 g/mol. The minimum Gasteiger partial charge on any atom is -0.301 e. The van der Waals surface area contributed by atoms with E-state index in [-0.39, 0.29) is 5.78 Å². The Bertz CT molecular complexity index is 900. The van der Waals surface area contributed by atoms with E-state index in [0.717, 1.165) is 10.0 Å². The first-order chi connectivity index (χ1) is 11.5. The number of Topliss-reactive ketones (excluding diaryl/α,β-unsaturated/α-hetero) is 1. The predicted molar refractivity (Wildman–Crippen MR) is 101 cm³/mol. The minimum absolute atomic E-state index is 0.133. The Morgan fingerprint density at radius 1 is 1.04 bits per heavy atom. The number of carbonyl (C=O) groups excluding carboxylic acids is 1. The summed E-state index contributed by atoms with van der Waals surface area (Å²) in [6.45, 7) is 0. The second kappa shape index (κ2) is 7.34. The summed E-state index contributed by atoms with van der Waals surface area (Å²) in [5.41, 5.74) is 1.87. The lowest BCUT2D eigenvalue weighted by atomic mass is 10.1. The molecule has 0 aliphatic carbocycles. The molecule has 3 nitrogen and oxygen atoms in total. The van der Waals surface area contributed by atoms with E-state index in [1.807, 2.05) is 24.3 Å². The van der Waals surface area contributed by atoms with Crippen LogP contribution < -0.4 is 0 Å². The van der Waals surface area contributed by atoms with Crippen molar-refractivity contribution in [2.45, 2.75) is 0 Å². The van der Waals surface area contributed by atoms with Gasteiger partial charge in [-0.05, 0) is 48.0 Å². The lowest BCUT2D eigenvalue weighted by Gasteiger charge is -2.08. The molecule has 120 valence electrons. The molecule has 24 heavy (non-hydrogen) atoms. The molecule has 0 fully saturated rings. The molecule has 0 aliphatic heterocycles. The normalized spacial score (nSPS) is 11.5. The fraction of sp³-hybridized carbons (Fsp3) is 0. The third-order valence-corrected chi connectivity index (χ3v) is 4.32. The van der Waals surface area contributed by atoms with Gasteiger partial charge in [0.25, 0.3) is 0 Å². The highest BCUT2D eigenvalue weighted by atomic mass is 79.9. The molecule has 0 bridgehead atoms. The summed E-state index contributed by atoms with van der Waals surface area (Å²) in [4.78, 5) is 16.9. The van der Waals surface area contributed by atoms with Gasteiger partial charge >= 0.3 is 0 Å². The highest BCUT2D eigenvalue weighted by molar-refractivity contribution is 9.10. The van der Waals surface area contributed by atoms with Gasteiger partial charge in [-0.3, -0.25) is 4.79 Å². The molecule has 3 aromatic rings. The van der Waals surface area contributed by atoms with Crippen LogP contribution in [0.3, 0.4) is 0 Å². The van der Waals surface area contributed by atoms with Crippen LogP contribution in [0.4, 0.5) is 0 Å². The van der Waals surface area contributed by atoms with Crippen molar-refractivity contribution >= 4 is 56.7 Å². The van der Waals surface area contributed by atoms with E-state index in [9.17, 15) is 4.79 Å². The average molecular weight is 422 g/mol. The first-order valence-electron chi connectivity index (χ1n) is 7.00. The number of nitrogens with zero attached hydrogens (tertiary/aromatic N) is 2. The number of ketones is 1. The molecule has 0 radical (unpaired) electrons. The number of hydrogen-bond acceptors (Lipinski definition) is 2. The van der Waals surface area contributed by atoms with E-state index in [0.29, 0.717) is 21.4 Å². The van der Waals surface area contributed by atoms with E-state index < -0.39 is 0 Å². The number of hydrogen-bond donors (Lipinski definition) is 0. The number of imidazole rings is 1. The molecule has 0 amide bonds. The van der Waals surface area contributed by atoms with Crippen molar-refractivity contribution in [2.24, 2.45) is 0 Å². The molecule has 0 spiro atoms. The standard InChI is InChI=1S/C18H11BrCl2N2O/c19-14-5-3-13(4-6-14)18(24)16(23-10-17(21)22-11-23)9-12-1-7-15(20)8-2-12/h1-11H/b16-9-. The summed E-state index contributed by atoms with van der Waals surface area (Å²) < 4.78 is 2.52. The number of allylic oxidation sites excluding steroid dienone is 1. The molecule has 0 aliphatic rings. The van der Waals surface area contributed by atoms with Gasteiger partial charge in [-0.25, -0.2) is 4.98 Å². The van der Waals surface area contributed by atoms with E-state index in [4.69, 9.17) is 23.2 Å². The predicted octanol–water partition coefficient (Wildman–Crippen LogP) is 5.83. The van der Waals surface area contributed by atoms with Gasteiger partial charge < -0.3 is 4.57 Å². The zero-order valence-corrected chi connectivity index (χ0v) is 15.4. The van der Waals surface area contributed by atoms with Crippen molar-refractivity contribution in [3.63, 3.8) is 0 Å². The first kappa shape index (κ1) is 17.0. The molecule has 0 atom stereocenters. The Hall–Kier alpha value is -1.88. The maximum atomic E-state index is 12.9. The van der Waals surface area contributed by atoms with E-state index in [1.54, 1.807) is 41.1 Å². The maximum absolute atomic E-state index is 12.9. The van der Waals surface area contributed by atoms with Crippen LogP contribution in [-0.4, -0.2) is 15.3 Å². The van der Waals surface area contributed by atoms with Gasteiger partial charge in [0.2, 0.25) is 5.78 Å². The van der Waals surface area contributed by atoms with Crippen LogP contribution in [0.15, 0.2) is 65.5 Å². The molecule has 6 heteroatoms. The second-order valence-corrected chi connectivity index (χ2v) is 6.76. The summed E-state index contributed by atoms with van der Waals surface area (Å²) >= 11 is 15.2. The van der Waals surface area contributed by atoms with Crippen LogP contribution in [0.5, 0.6) is 0 Å². The fourth-order valence-electron chi connectivity index (χ4n) is 2.15. The van der Waals surface area contributed by atoms with Crippen LogP contribution in [0.2, 0.25) is 10.2 Å². The topological polar surface area (TPSA) is 34.9 Å². The third kappa shape index (κ3) is 3.96. The van der Waals surface area contributed by atoms with Crippen LogP contribution in [-0.2, 0) is 0 Å².